The van der Waals surface area contributed by atoms with Crippen LogP contribution in [0.3, 0.4) is 0 Å². The number of nitrogens with zero attached hydrogens (tertiary/aromatic N) is 1. The number of hydrogen-bond donors (Lipinski definition) is 1. The summed E-state index contributed by atoms with van der Waals surface area (Å²) >= 11 is 7.04. The average molecular weight is 481 g/mol. The van der Waals surface area contributed by atoms with E-state index in [1.54, 1.807) is 19.9 Å². The molecule has 3 aromatic rings. The quantitative estimate of drug-likeness (QED) is 0.439. The van der Waals surface area contributed by atoms with Gasteiger partial charge in [-0.2, -0.15) is 4.31 Å². The first-order valence-corrected chi connectivity index (χ1v) is 12.5. The number of thiophene rings is 1. The zero-order valence-corrected chi connectivity index (χ0v) is 20.0. The molecule has 0 amide bonds. The maximum absolute atomic E-state index is 13.4. The molecule has 0 saturated carbocycles. The summed E-state index contributed by atoms with van der Waals surface area (Å²) in [6.45, 7) is 6.07. The molecule has 9 heteroatoms. The van der Waals surface area contributed by atoms with Crippen LogP contribution in [-0.2, 0) is 27.7 Å². The molecule has 0 bridgehead atoms. The highest BCUT2D eigenvalue weighted by Gasteiger charge is 2.29. The van der Waals surface area contributed by atoms with E-state index in [4.69, 9.17) is 16.3 Å². The lowest BCUT2D eigenvalue weighted by atomic mass is 10.1. The molecule has 1 aromatic carbocycles. The second-order valence-electron chi connectivity index (χ2n) is 7.08. The van der Waals surface area contributed by atoms with Gasteiger partial charge in [-0.1, -0.05) is 41.9 Å². The third kappa shape index (κ3) is 5.38. The molecular weight excluding hydrogens is 456 g/mol. The van der Waals surface area contributed by atoms with E-state index in [2.05, 4.69) is 4.98 Å². The summed E-state index contributed by atoms with van der Waals surface area (Å²) in [5.74, 6) is -0.446. The molecule has 31 heavy (non-hydrogen) atoms. The summed E-state index contributed by atoms with van der Waals surface area (Å²) in [6, 6.07) is 12.8. The molecule has 0 spiro atoms. The Morgan fingerprint density at radius 1 is 1.16 bits per heavy atom. The van der Waals surface area contributed by atoms with Crippen LogP contribution >= 0.6 is 22.9 Å². The molecule has 0 unspecified atom stereocenters. The van der Waals surface area contributed by atoms with E-state index >= 15 is 0 Å². The average Bonchev–Trinajstić information content (AvgIpc) is 3.30. The second kappa shape index (κ2) is 9.99. The van der Waals surface area contributed by atoms with Gasteiger partial charge in [-0.05, 0) is 56.0 Å². The molecule has 1 N–H and O–H groups in total. The number of rotatable bonds is 9. The van der Waals surface area contributed by atoms with Crippen molar-refractivity contribution in [3.63, 3.8) is 0 Å². The Balaban J connectivity index is 1.94. The fourth-order valence-corrected chi connectivity index (χ4v) is 6.40. The van der Waals surface area contributed by atoms with Gasteiger partial charge >= 0.3 is 5.97 Å². The molecule has 6 nitrogen and oxygen atoms in total. The van der Waals surface area contributed by atoms with Crippen molar-refractivity contribution < 1.29 is 17.9 Å². The van der Waals surface area contributed by atoms with Gasteiger partial charge in [0.25, 0.3) is 10.0 Å². The molecule has 0 radical (unpaired) electrons. The van der Waals surface area contributed by atoms with Gasteiger partial charge in [0.1, 0.15) is 9.90 Å². The topological polar surface area (TPSA) is 79.5 Å². The number of nitrogens with one attached hydrogen (secondary N) is 1. The van der Waals surface area contributed by atoms with Gasteiger partial charge in [0.2, 0.25) is 0 Å². The molecule has 0 aliphatic carbocycles. The van der Waals surface area contributed by atoms with Crippen LogP contribution in [0, 0.1) is 13.8 Å². The molecule has 0 aliphatic rings. The molecule has 3 rings (SSSR count). The number of benzene rings is 1. The minimum Gasteiger partial charge on any atom is -0.461 e. The molecule has 166 valence electrons. The van der Waals surface area contributed by atoms with Crippen molar-refractivity contribution in [3.05, 3.63) is 74.9 Å². The number of hydrogen-bond acceptors (Lipinski definition) is 5. The van der Waals surface area contributed by atoms with Crippen LogP contribution in [0.2, 0.25) is 4.34 Å². The highest BCUT2D eigenvalue weighted by molar-refractivity contribution is 7.91. The third-order valence-corrected chi connectivity index (χ3v) is 8.59. The number of ether oxygens (including phenoxy) is 1. The molecule has 0 fully saturated rings. The van der Waals surface area contributed by atoms with Gasteiger partial charge in [-0.3, -0.25) is 0 Å². The van der Waals surface area contributed by atoms with E-state index in [0.717, 1.165) is 28.2 Å². The zero-order valence-electron chi connectivity index (χ0n) is 17.6. The number of H-pyrrole nitrogens is 1. The second-order valence-corrected chi connectivity index (χ2v) is 11.0. The van der Waals surface area contributed by atoms with Crippen LogP contribution < -0.4 is 0 Å². The smallest absolute Gasteiger partial charge is 0.355 e. The van der Waals surface area contributed by atoms with Crippen LogP contribution in [0.1, 0.15) is 39.8 Å². The fourth-order valence-electron chi connectivity index (χ4n) is 3.36. The van der Waals surface area contributed by atoms with Crippen LogP contribution in [-0.4, -0.2) is 36.8 Å². The predicted molar refractivity (Wildman–Crippen MR) is 123 cm³/mol. The van der Waals surface area contributed by atoms with E-state index in [-0.39, 0.29) is 17.4 Å². The molecule has 0 aliphatic heterocycles. The lowest BCUT2D eigenvalue weighted by molar-refractivity contribution is 0.0519. The van der Waals surface area contributed by atoms with E-state index in [0.29, 0.717) is 28.6 Å². The lowest BCUT2D eigenvalue weighted by Gasteiger charge is -2.22. The van der Waals surface area contributed by atoms with Gasteiger partial charge in [0.05, 0.1) is 10.9 Å². The standard InChI is InChI=1S/C22H25ClN2O4S2/c1-4-29-22(26)21-15(2)18(16(3)24-21)14-25(13-12-17-8-6-5-7-9-17)31(27,28)20-11-10-19(23)30-20/h5-11,24H,4,12-14H2,1-3H3. The highest BCUT2D eigenvalue weighted by Crippen LogP contribution is 2.30. The Morgan fingerprint density at radius 2 is 1.87 bits per heavy atom. The molecular formula is C22H25ClN2O4S2. The van der Waals surface area contributed by atoms with Crippen molar-refractivity contribution >= 4 is 38.9 Å². The number of carbonyl (C=O) groups is 1. The molecule has 0 saturated heterocycles. The van der Waals surface area contributed by atoms with E-state index < -0.39 is 16.0 Å². The number of halogens is 1. The number of aryl methyl sites for hydroxylation is 1. The fraction of sp³-hybridized carbons (Fsp3) is 0.318. The Bertz CT molecular complexity index is 1150. The first kappa shape index (κ1) is 23.5. The summed E-state index contributed by atoms with van der Waals surface area (Å²) in [5.41, 5.74) is 3.60. The summed E-state index contributed by atoms with van der Waals surface area (Å²) < 4.78 is 34.0. The minimum atomic E-state index is -3.77. The Morgan fingerprint density at radius 3 is 2.48 bits per heavy atom. The number of sulfonamides is 1. The molecule has 2 heterocycles. The Hall–Kier alpha value is -2.13. The summed E-state index contributed by atoms with van der Waals surface area (Å²) in [4.78, 5) is 15.3. The van der Waals surface area contributed by atoms with Crippen LogP contribution in [0.25, 0.3) is 0 Å². The van der Waals surface area contributed by atoms with Crippen LogP contribution in [0.5, 0.6) is 0 Å². The van der Waals surface area contributed by atoms with Crippen molar-refractivity contribution in [2.45, 2.75) is 37.9 Å². The van der Waals surface area contributed by atoms with Crippen molar-refractivity contribution in [2.24, 2.45) is 0 Å². The maximum Gasteiger partial charge on any atom is 0.355 e. The normalized spacial score (nSPS) is 11.8. The SMILES string of the molecule is CCOC(=O)c1[nH]c(C)c(CN(CCc2ccccc2)S(=O)(=O)c2ccc(Cl)s2)c1C. The third-order valence-electron chi connectivity index (χ3n) is 5.04. The predicted octanol–water partition coefficient (Wildman–Crippen LogP) is 4.96. The molecule has 2 aromatic heterocycles. The summed E-state index contributed by atoms with van der Waals surface area (Å²) in [5, 5.41) is 0. The number of carbonyl (C=O) groups excluding carboxylic acids is 1. The Labute approximate surface area is 191 Å². The van der Waals surface area contributed by atoms with Gasteiger partial charge < -0.3 is 9.72 Å². The zero-order chi connectivity index (χ0) is 22.6. The van der Waals surface area contributed by atoms with E-state index in [1.807, 2.05) is 37.3 Å². The monoisotopic (exact) mass is 480 g/mol. The van der Waals surface area contributed by atoms with Crippen molar-refractivity contribution in [1.29, 1.82) is 0 Å². The van der Waals surface area contributed by atoms with Gasteiger partial charge in [0, 0.05) is 18.8 Å². The number of aromatic nitrogens is 1. The first-order chi connectivity index (χ1) is 14.7. The van der Waals surface area contributed by atoms with Gasteiger partial charge in [0.15, 0.2) is 0 Å². The maximum atomic E-state index is 13.4. The van der Waals surface area contributed by atoms with Crippen molar-refractivity contribution in [2.75, 3.05) is 13.2 Å². The highest BCUT2D eigenvalue weighted by atomic mass is 35.5. The summed E-state index contributed by atoms with van der Waals surface area (Å²) in [7, 11) is -3.77. The van der Waals surface area contributed by atoms with E-state index in [9.17, 15) is 13.2 Å². The van der Waals surface area contributed by atoms with Crippen LogP contribution in [0.15, 0.2) is 46.7 Å². The first-order valence-electron chi connectivity index (χ1n) is 9.88. The number of esters is 1. The van der Waals surface area contributed by atoms with Gasteiger partial charge in [-0.25, -0.2) is 13.2 Å². The van der Waals surface area contributed by atoms with Crippen LogP contribution in [0.4, 0.5) is 0 Å². The van der Waals surface area contributed by atoms with E-state index in [1.165, 1.54) is 10.4 Å². The minimum absolute atomic E-state index is 0.137. The van der Waals surface area contributed by atoms with Gasteiger partial charge in [-0.15, -0.1) is 11.3 Å². The Kier molecular flexibility index (Phi) is 7.59. The summed E-state index contributed by atoms with van der Waals surface area (Å²) in [6.07, 6.45) is 0.562. The largest absolute Gasteiger partial charge is 0.461 e. The van der Waals surface area contributed by atoms with Crippen molar-refractivity contribution in [1.82, 2.24) is 9.29 Å². The number of aromatic amines is 1. The van der Waals surface area contributed by atoms with Crippen molar-refractivity contribution in [3.8, 4) is 0 Å². The molecule has 0 atom stereocenters. The lowest BCUT2D eigenvalue weighted by Crippen LogP contribution is -2.32.